The smallest absolute Gasteiger partial charge is 0.410 e. The van der Waals surface area contributed by atoms with E-state index in [1.165, 1.54) is 30.5 Å². The summed E-state index contributed by atoms with van der Waals surface area (Å²) in [6.45, 7) is 7.06. The van der Waals surface area contributed by atoms with Crippen LogP contribution in [0.1, 0.15) is 63.1 Å². The largest absolute Gasteiger partial charge is 0.497 e. The van der Waals surface area contributed by atoms with Gasteiger partial charge in [0.05, 0.1) is 56.1 Å². The summed E-state index contributed by atoms with van der Waals surface area (Å²) in [5, 5.41) is 14.7. The molecule has 4 aromatic rings. The van der Waals surface area contributed by atoms with Crippen molar-refractivity contribution in [2.45, 2.75) is 101 Å². The number of aliphatic hydroxyl groups excluding tert-OH is 1. The number of carbonyl (C=O) groups excluding carboxylic acids is 3. The van der Waals surface area contributed by atoms with Gasteiger partial charge < -0.3 is 48.3 Å². The Morgan fingerprint density at radius 1 is 0.824 bits per heavy atom. The Kier molecular flexibility index (Phi) is 20.4. The summed E-state index contributed by atoms with van der Waals surface area (Å²) in [5.74, 6) is 0.128. The number of carbonyl (C=O) groups is 3. The summed E-state index contributed by atoms with van der Waals surface area (Å²) in [6, 6.07) is 30.3. The van der Waals surface area contributed by atoms with Gasteiger partial charge in [0.2, 0.25) is 10.0 Å². The maximum Gasteiger partial charge on any atom is 0.410 e. The minimum absolute atomic E-state index is 0.0272. The van der Waals surface area contributed by atoms with Crippen molar-refractivity contribution >= 4 is 35.8 Å². The fourth-order valence-corrected chi connectivity index (χ4v) is 12.5. The third kappa shape index (κ3) is 16.2. The van der Waals surface area contributed by atoms with Crippen LogP contribution in [0.25, 0.3) is 0 Å². The van der Waals surface area contributed by atoms with E-state index in [2.05, 4.69) is 5.32 Å². The first-order valence-corrected chi connectivity index (χ1v) is 28.5. The third-order valence-electron chi connectivity index (χ3n) is 13.3. The SMILES string of the molecule is COc1ccc(S(=O)(=O)N(CC(C)C)C[C@@H](O)[C@H](Cc2ccc(CCP(=O)(Oc3ccccc3)O[C@@H](C)C(=O)OCCC3CCN(C(=O)OCc4ccccc4)CC3)cc2)NC(=O)O[C@H]2CO[C@H]3OCC[C@H]32)cc1. The number of hydrogen-bond donors (Lipinski definition) is 2. The minimum atomic E-state index is -4.10. The van der Waals surface area contributed by atoms with Crippen molar-refractivity contribution < 1.29 is 69.9 Å². The lowest BCUT2D eigenvalue weighted by atomic mass is 9.94. The molecule has 7 rings (SSSR count). The number of sulfonamides is 1. The molecular formula is C54H70N3O15PS. The second kappa shape index (κ2) is 26.8. The maximum atomic E-state index is 14.5. The molecule has 3 saturated heterocycles. The molecule has 0 bridgehead atoms. The van der Waals surface area contributed by atoms with E-state index in [4.69, 9.17) is 37.5 Å². The number of rotatable bonds is 25. The number of benzene rings is 4. The highest BCUT2D eigenvalue weighted by Crippen LogP contribution is 2.50. The van der Waals surface area contributed by atoms with Gasteiger partial charge in [-0.05, 0) is 110 Å². The molecule has 7 atom stereocenters. The summed E-state index contributed by atoms with van der Waals surface area (Å²) in [4.78, 5) is 41.1. The van der Waals surface area contributed by atoms with Gasteiger partial charge in [-0.3, -0.25) is 4.52 Å². The van der Waals surface area contributed by atoms with E-state index in [1.54, 1.807) is 59.5 Å². The van der Waals surface area contributed by atoms with Gasteiger partial charge in [0.15, 0.2) is 12.4 Å². The van der Waals surface area contributed by atoms with E-state index in [0.29, 0.717) is 49.6 Å². The van der Waals surface area contributed by atoms with Gasteiger partial charge in [0.1, 0.15) is 24.2 Å². The van der Waals surface area contributed by atoms with Crippen molar-refractivity contribution in [3.05, 3.63) is 126 Å². The quantitative estimate of drug-likeness (QED) is 0.0365. The average Bonchev–Trinajstić information content (AvgIpc) is 4.03. The number of amides is 2. The number of piperidine rings is 1. The van der Waals surface area contributed by atoms with Crippen molar-refractivity contribution in [2.75, 3.05) is 59.3 Å². The molecule has 402 valence electrons. The number of methoxy groups -OCH3 is 1. The van der Waals surface area contributed by atoms with Crippen molar-refractivity contribution in [1.29, 1.82) is 0 Å². The summed E-state index contributed by atoms with van der Waals surface area (Å²) in [6.07, 6.45) is -1.79. The lowest BCUT2D eigenvalue weighted by molar-refractivity contribution is -0.151. The number of ether oxygens (including phenoxy) is 6. The van der Waals surface area contributed by atoms with Crippen LogP contribution in [0.4, 0.5) is 9.59 Å². The normalized spacial score (nSPS) is 20.0. The van der Waals surface area contributed by atoms with Crippen LogP contribution in [0.3, 0.4) is 0 Å². The fourth-order valence-electron chi connectivity index (χ4n) is 9.13. The monoisotopic (exact) mass is 1060 g/mol. The summed E-state index contributed by atoms with van der Waals surface area (Å²) in [5.41, 5.74) is 2.37. The second-order valence-corrected chi connectivity index (χ2v) is 23.4. The predicted molar refractivity (Wildman–Crippen MR) is 274 cm³/mol. The molecule has 74 heavy (non-hydrogen) atoms. The topological polar surface area (TPSA) is 215 Å². The van der Waals surface area contributed by atoms with E-state index < -0.39 is 60.3 Å². The van der Waals surface area contributed by atoms with Crippen LogP contribution < -0.4 is 14.6 Å². The standard InChI is InChI=1S/C54H70N3O15PS/c1-38(2)34-57(74(63,64)46-21-19-44(65-4)20-22-46)35-49(58)48(55-53(60)70-50-37-68-52-47(50)26-31-67-52)33-42-17-15-40(16-18-42)27-32-73(62,72-45-13-9-6-10-14-45)71-39(3)51(59)66-30-25-41-23-28-56(29-24-41)54(61)69-36-43-11-7-5-8-12-43/h5-22,38-39,41,47-50,52,58H,23-37H2,1-4H3,(H,55,60)/t39-,47-,48-,49+,50-,52+,73?/m0/s1. The fraction of sp³-hybridized carbons (Fsp3) is 0.500. The summed E-state index contributed by atoms with van der Waals surface area (Å²) < 4.78 is 89.1. The molecule has 18 nitrogen and oxygen atoms in total. The van der Waals surface area contributed by atoms with E-state index in [9.17, 15) is 32.5 Å². The second-order valence-electron chi connectivity index (χ2n) is 19.4. The number of likely N-dealkylation sites (tertiary alicyclic amines) is 1. The Bertz CT molecular complexity index is 2570. The van der Waals surface area contributed by atoms with Crippen LogP contribution in [0.2, 0.25) is 0 Å². The van der Waals surface area contributed by atoms with Gasteiger partial charge in [0.25, 0.3) is 0 Å². The predicted octanol–water partition coefficient (Wildman–Crippen LogP) is 8.00. The van der Waals surface area contributed by atoms with Crippen LogP contribution in [0.5, 0.6) is 11.5 Å². The Balaban J connectivity index is 0.957. The molecule has 3 aliphatic heterocycles. The number of alkyl carbamates (subject to hydrolysis) is 1. The molecule has 0 aliphatic carbocycles. The average molecular weight is 1060 g/mol. The number of hydrogen-bond acceptors (Lipinski definition) is 15. The van der Waals surface area contributed by atoms with Gasteiger partial charge in [-0.25, -0.2) is 27.4 Å². The maximum absolute atomic E-state index is 14.5. The molecule has 0 saturated carbocycles. The van der Waals surface area contributed by atoms with E-state index in [1.807, 2.05) is 56.3 Å². The molecule has 0 aromatic heterocycles. The highest BCUT2D eigenvalue weighted by atomic mass is 32.2. The number of aryl methyl sites for hydroxylation is 1. The number of aliphatic hydroxyl groups is 1. The van der Waals surface area contributed by atoms with Crippen molar-refractivity contribution in [3.63, 3.8) is 0 Å². The molecule has 3 heterocycles. The molecule has 0 spiro atoms. The molecule has 2 N–H and O–H groups in total. The molecule has 3 aliphatic rings. The summed E-state index contributed by atoms with van der Waals surface area (Å²) >= 11 is 0. The van der Waals surface area contributed by atoms with Crippen LogP contribution in [-0.2, 0) is 67.0 Å². The zero-order chi connectivity index (χ0) is 52.7. The third-order valence-corrected chi connectivity index (χ3v) is 17.1. The highest BCUT2D eigenvalue weighted by molar-refractivity contribution is 7.89. The van der Waals surface area contributed by atoms with Crippen LogP contribution in [-0.4, -0.2) is 131 Å². The van der Waals surface area contributed by atoms with Crippen molar-refractivity contribution in [3.8, 4) is 11.5 Å². The Morgan fingerprint density at radius 3 is 2.18 bits per heavy atom. The van der Waals surface area contributed by atoms with E-state index in [0.717, 1.165) is 24.0 Å². The Hall–Kier alpha value is -5.53. The van der Waals surface area contributed by atoms with E-state index >= 15 is 0 Å². The Labute approximate surface area is 434 Å². The number of para-hydroxylation sites is 1. The molecular weight excluding hydrogens is 994 g/mol. The van der Waals surface area contributed by atoms with Gasteiger partial charge >= 0.3 is 25.8 Å². The van der Waals surface area contributed by atoms with Gasteiger partial charge in [0, 0.05) is 26.2 Å². The number of esters is 1. The molecule has 0 radical (unpaired) electrons. The minimum Gasteiger partial charge on any atom is -0.497 e. The first kappa shape index (κ1) is 56.2. The number of nitrogens with zero attached hydrogens (tertiary/aromatic N) is 2. The number of fused-ring (bicyclic) bond motifs is 1. The lowest BCUT2D eigenvalue weighted by Crippen LogP contribution is -2.51. The Morgan fingerprint density at radius 2 is 1.50 bits per heavy atom. The van der Waals surface area contributed by atoms with Gasteiger partial charge in [-0.2, -0.15) is 4.31 Å². The van der Waals surface area contributed by atoms with Crippen LogP contribution >= 0.6 is 7.60 Å². The zero-order valence-electron chi connectivity index (χ0n) is 42.5. The van der Waals surface area contributed by atoms with Crippen molar-refractivity contribution in [1.82, 2.24) is 14.5 Å². The van der Waals surface area contributed by atoms with Gasteiger partial charge in [-0.15, -0.1) is 0 Å². The summed E-state index contributed by atoms with van der Waals surface area (Å²) in [7, 11) is -6.59. The van der Waals surface area contributed by atoms with Gasteiger partial charge in [-0.1, -0.05) is 86.6 Å². The molecule has 1 unspecified atom stereocenters. The zero-order valence-corrected chi connectivity index (χ0v) is 44.2. The molecule has 2 amide bonds. The molecule has 3 fully saturated rings. The lowest BCUT2D eigenvalue weighted by Gasteiger charge is -2.31. The number of nitrogens with one attached hydrogen (secondary N) is 1. The van der Waals surface area contributed by atoms with Crippen molar-refractivity contribution in [2.24, 2.45) is 17.8 Å². The van der Waals surface area contributed by atoms with Crippen LogP contribution in [0, 0.1) is 17.8 Å². The van der Waals surface area contributed by atoms with Crippen LogP contribution in [0.15, 0.2) is 114 Å². The highest BCUT2D eigenvalue weighted by Gasteiger charge is 2.44. The van der Waals surface area contributed by atoms with E-state index in [-0.39, 0.29) is 80.7 Å². The molecule has 20 heteroatoms. The first-order chi connectivity index (χ1) is 35.6. The first-order valence-electron chi connectivity index (χ1n) is 25.3. The molecule has 4 aromatic carbocycles.